The van der Waals surface area contributed by atoms with Gasteiger partial charge >= 0.3 is 5.97 Å². The highest BCUT2D eigenvalue weighted by molar-refractivity contribution is 7.80. The summed E-state index contributed by atoms with van der Waals surface area (Å²) < 4.78 is 36.0. The molecule has 0 radical (unpaired) electrons. The molecule has 0 saturated carbocycles. The number of hydrazone groups is 1. The SMILES string of the molecule is C=CCc1cc(C=NNC(=O)COc2ccccc2[C@@H]2NC(=S)NC(C)=C2C(=O)OCC)cc(OC)c1OCc1ccc(F)cc1. The van der Waals surface area contributed by atoms with Gasteiger partial charge in [0.2, 0.25) is 0 Å². The Kier molecular flexibility index (Phi) is 11.8. The van der Waals surface area contributed by atoms with Crippen molar-refractivity contribution in [3.05, 3.63) is 113 Å². The van der Waals surface area contributed by atoms with Crippen molar-refractivity contribution in [1.29, 1.82) is 0 Å². The Morgan fingerprint density at radius 1 is 1.11 bits per heavy atom. The molecule has 1 aliphatic rings. The van der Waals surface area contributed by atoms with E-state index in [1.807, 2.05) is 6.07 Å². The summed E-state index contributed by atoms with van der Waals surface area (Å²) in [7, 11) is 1.52. The number of carbonyl (C=O) groups is 2. The van der Waals surface area contributed by atoms with Gasteiger partial charge in [-0.05, 0) is 73.9 Å². The van der Waals surface area contributed by atoms with Gasteiger partial charge in [0, 0.05) is 16.8 Å². The molecular weight excluding hydrogens is 611 g/mol. The topological polar surface area (TPSA) is 120 Å². The van der Waals surface area contributed by atoms with Gasteiger partial charge in [0.05, 0.1) is 31.5 Å². The zero-order chi connectivity index (χ0) is 33.1. The Hall–Kier alpha value is -5.23. The number of allylic oxidation sites excluding steroid dienone is 2. The average Bonchev–Trinajstić information content (AvgIpc) is 3.03. The lowest BCUT2D eigenvalue weighted by molar-refractivity contribution is -0.139. The summed E-state index contributed by atoms with van der Waals surface area (Å²) in [6.07, 6.45) is 3.69. The molecule has 0 aliphatic carbocycles. The van der Waals surface area contributed by atoms with E-state index in [0.29, 0.717) is 51.2 Å². The maximum Gasteiger partial charge on any atom is 0.338 e. The third kappa shape index (κ3) is 8.69. The van der Waals surface area contributed by atoms with E-state index in [4.69, 9.17) is 31.2 Å². The molecule has 46 heavy (non-hydrogen) atoms. The van der Waals surface area contributed by atoms with Gasteiger partial charge in [0.15, 0.2) is 23.2 Å². The summed E-state index contributed by atoms with van der Waals surface area (Å²) in [4.78, 5) is 25.5. The predicted molar refractivity (Wildman–Crippen MR) is 176 cm³/mol. The third-order valence-electron chi connectivity index (χ3n) is 6.79. The number of esters is 1. The van der Waals surface area contributed by atoms with Crippen molar-refractivity contribution in [2.24, 2.45) is 5.10 Å². The number of thiocarbonyl (C=S) groups is 1. The van der Waals surface area contributed by atoms with Crippen LogP contribution in [0.4, 0.5) is 4.39 Å². The highest BCUT2D eigenvalue weighted by Crippen LogP contribution is 2.35. The number of rotatable bonds is 14. The zero-order valence-corrected chi connectivity index (χ0v) is 26.5. The van der Waals surface area contributed by atoms with Crippen molar-refractivity contribution >= 4 is 35.4 Å². The maximum absolute atomic E-state index is 13.3. The number of halogens is 1. The smallest absolute Gasteiger partial charge is 0.338 e. The van der Waals surface area contributed by atoms with Gasteiger partial charge in [-0.3, -0.25) is 4.79 Å². The third-order valence-corrected chi connectivity index (χ3v) is 7.01. The molecule has 1 aliphatic heterocycles. The molecule has 0 fully saturated rings. The Labute approximate surface area is 272 Å². The second-order valence-electron chi connectivity index (χ2n) is 10.0. The molecule has 3 N–H and O–H groups in total. The highest BCUT2D eigenvalue weighted by Gasteiger charge is 2.32. The summed E-state index contributed by atoms with van der Waals surface area (Å²) in [6.45, 7) is 7.38. The number of amides is 1. The van der Waals surface area contributed by atoms with Gasteiger partial charge in [0.25, 0.3) is 5.91 Å². The fourth-order valence-electron chi connectivity index (χ4n) is 4.73. The standard InChI is InChI=1S/C34H35FN4O6S/c1-5-9-24-16-23(17-28(42-4)32(24)45-19-22-12-14-25(35)15-13-22)18-36-39-29(40)20-44-27-11-8-7-10-26(27)31-30(33(41)43-6-2)21(3)37-34(46)38-31/h5,7-8,10-18,31H,1,6,9,19-20H2,2-4H3,(H,39,40)(H2,37,38,46)/t31-/m0/s1. The summed E-state index contributed by atoms with van der Waals surface area (Å²) >= 11 is 5.32. The van der Waals surface area contributed by atoms with Crippen molar-refractivity contribution in [2.45, 2.75) is 32.9 Å². The predicted octanol–water partition coefficient (Wildman–Crippen LogP) is 5.03. The van der Waals surface area contributed by atoms with Crippen LogP contribution in [0.1, 0.15) is 42.1 Å². The minimum Gasteiger partial charge on any atom is -0.493 e. The van der Waals surface area contributed by atoms with Gasteiger partial charge in [-0.25, -0.2) is 14.6 Å². The Morgan fingerprint density at radius 2 is 1.87 bits per heavy atom. The van der Waals surface area contributed by atoms with E-state index in [9.17, 15) is 14.0 Å². The normalized spacial score (nSPS) is 14.3. The van der Waals surface area contributed by atoms with Crippen molar-refractivity contribution in [1.82, 2.24) is 16.1 Å². The molecule has 3 aromatic rings. The molecule has 1 amide bonds. The first kappa shape index (κ1) is 33.7. The number of para-hydroxylation sites is 1. The molecular formula is C34H35FN4O6S. The molecule has 0 spiro atoms. The second-order valence-corrected chi connectivity index (χ2v) is 10.4. The minimum absolute atomic E-state index is 0.212. The Balaban J connectivity index is 1.43. The van der Waals surface area contributed by atoms with Crippen LogP contribution in [-0.2, 0) is 27.4 Å². The van der Waals surface area contributed by atoms with Crippen LogP contribution in [0.5, 0.6) is 17.2 Å². The van der Waals surface area contributed by atoms with Crippen LogP contribution >= 0.6 is 12.2 Å². The monoisotopic (exact) mass is 646 g/mol. The van der Waals surface area contributed by atoms with E-state index < -0.39 is 17.9 Å². The molecule has 10 nitrogen and oxygen atoms in total. The van der Waals surface area contributed by atoms with Crippen molar-refractivity contribution in [3.63, 3.8) is 0 Å². The first-order valence-corrected chi connectivity index (χ1v) is 14.8. The van der Waals surface area contributed by atoms with E-state index in [0.717, 1.165) is 11.1 Å². The lowest BCUT2D eigenvalue weighted by Crippen LogP contribution is -2.45. The van der Waals surface area contributed by atoms with E-state index in [-0.39, 0.29) is 25.6 Å². The molecule has 12 heteroatoms. The fourth-order valence-corrected chi connectivity index (χ4v) is 5.00. The molecule has 0 unspecified atom stereocenters. The van der Waals surface area contributed by atoms with Crippen molar-refractivity contribution in [2.75, 3.05) is 20.3 Å². The van der Waals surface area contributed by atoms with Crippen molar-refractivity contribution in [3.8, 4) is 17.2 Å². The largest absolute Gasteiger partial charge is 0.493 e. The summed E-state index contributed by atoms with van der Waals surface area (Å²) in [5.74, 6) is 0.0576. The molecule has 0 saturated heterocycles. The first-order valence-electron chi connectivity index (χ1n) is 14.4. The van der Waals surface area contributed by atoms with Crippen LogP contribution in [-0.4, -0.2) is 43.5 Å². The van der Waals surface area contributed by atoms with E-state index in [2.05, 4.69) is 27.7 Å². The maximum atomic E-state index is 13.3. The van der Waals surface area contributed by atoms with Gasteiger partial charge in [-0.1, -0.05) is 36.4 Å². The van der Waals surface area contributed by atoms with Crippen LogP contribution in [0, 0.1) is 5.82 Å². The molecule has 1 heterocycles. The van der Waals surface area contributed by atoms with Gasteiger partial charge in [-0.15, -0.1) is 6.58 Å². The van der Waals surface area contributed by atoms with Crippen LogP contribution in [0.25, 0.3) is 0 Å². The quantitative estimate of drug-likeness (QED) is 0.0729. The van der Waals surface area contributed by atoms with Gasteiger partial charge < -0.3 is 29.6 Å². The number of benzene rings is 3. The average molecular weight is 647 g/mol. The molecule has 1 atom stereocenters. The summed E-state index contributed by atoms with van der Waals surface area (Å²) in [5.41, 5.74) is 6.24. The Morgan fingerprint density at radius 3 is 2.59 bits per heavy atom. The number of nitrogens with zero attached hydrogens (tertiary/aromatic N) is 1. The molecule has 240 valence electrons. The number of ether oxygens (including phenoxy) is 4. The molecule has 4 rings (SSSR count). The van der Waals surface area contributed by atoms with Crippen LogP contribution in [0.15, 0.2) is 89.7 Å². The summed E-state index contributed by atoms with van der Waals surface area (Å²) in [5, 5.41) is 10.5. The minimum atomic E-state index is -0.646. The Bertz CT molecular complexity index is 1660. The highest BCUT2D eigenvalue weighted by atomic mass is 32.1. The zero-order valence-electron chi connectivity index (χ0n) is 25.7. The lowest BCUT2D eigenvalue weighted by atomic mass is 9.95. The van der Waals surface area contributed by atoms with Crippen LogP contribution in [0.3, 0.4) is 0 Å². The van der Waals surface area contributed by atoms with E-state index in [1.165, 1.54) is 25.5 Å². The number of methoxy groups -OCH3 is 1. The van der Waals surface area contributed by atoms with Gasteiger partial charge in [-0.2, -0.15) is 5.10 Å². The van der Waals surface area contributed by atoms with Crippen molar-refractivity contribution < 1.29 is 32.9 Å². The number of nitrogens with one attached hydrogen (secondary N) is 3. The van der Waals surface area contributed by atoms with Gasteiger partial charge in [0.1, 0.15) is 18.2 Å². The second kappa shape index (κ2) is 16.2. The lowest BCUT2D eigenvalue weighted by Gasteiger charge is -2.30. The molecule has 3 aromatic carbocycles. The van der Waals surface area contributed by atoms with Crippen LogP contribution in [0.2, 0.25) is 0 Å². The number of carbonyl (C=O) groups excluding carboxylic acids is 2. The fraction of sp³-hybridized carbons (Fsp3) is 0.235. The molecule has 0 aromatic heterocycles. The van der Waals surface area contributed by atoms with E-state index in [1.54, 1.807) is 62.4 Å². The summed E-state index contributed by atoms with van der Waals surface area (Å²) in [6, 6.07) is 16.0. The van der Waals surface area contributed by atoms with Crippen LogP contribution < -0.4 is 30.3 Å². The number of hydrogen-bond acceptors (Lipinski definition) is 8. The molecule has 0 bridgehead atoms. The number of hydrogen-bond donors (Lipinski definition) is 3. The van der Waals surface area contributed by atoms with E-state index >= 15 is 0 Å². The first-order chi connectivity index (χ1) is 22.2.